The molecule has 4 saturated carbocycles. The number of rotatable bonds is 3. The second-order valence-electron chi connectivity index (χ2n) is 7.35. The Kier molecular flexibility index (Phi) is 2.73. The molecule has 3 nitrogen and oxygen atoms in total. The van der Waals surface area contributed by atoms with E-state index in [1.807, 2.05) is 6.20 Å². The van der Waals surface area contributed by atoms with E-state index in [4.69, 9.17) is 5.73 Å². The van der Waals surface area contributed by atoms with Gasteiger partial charge in [-0.15, -0.1) is 0 Å². The van der Waals surface area contributed by atoms with Crippen LogP contribution in [-0.2, 0) is 6.42 Å². The molecule has 4 aliphatic rings. The first kappa shape index (κ1) is 12.0. The van der Waals surface area contributed by atoms with Crippen LogP contribution in [0.25, 0.3) is 0 Å². The fourth-order valence-electron chi connectivity index (χ4n) is 5.41. The normalized spacial score (nSPS) is 41.7. The molecule has 0 aliphatic heterocycles. The summed E-state index contributed by atoms with van der Waals surface area (Å²) in [7, 11) is 0. The molecule has 104 valence electrons. The van der Waals surface area contributed by atoms with Gasteiger partial charge in [-0.3, -0.25) is 0 Å². The van der Waals surface area contributed by atoms with Crippen molar-refractivity contribution in [1.29, 1.82) is 0 Å². The minimum absolute atomic E-state index is 0.206. The molecule has 1 unspecified atom stereocenters. The first-order valence-corrected chi connectivity index (χ1v) is 7.98. The Morgan fingerprint density at radius 2 is 1.84 bits per heavy atom. The van der Waals surface area contributed by atoms with Gasteiger partial charge < -0.3 is 10.3 Å². The molecule has 0 amide bonds. The fraction of sp³-hybridized carbons (Fsp3) is 0.812. The van der Waals surface area contributed by atoms with Gasteiger partial charge in [-0.2, -0.15) is 0 Å². The third-order valence-electron chi connectivity index (χ3n) is 5.75. The van der Waals surface area contributed by atoms with Crippen LogP contribution in [0.3, 0.4) is 0 Å². The van der Waals surface area contributed by atoms with Crippen LogP contribution in [0.15, 0.2) is 12.4 Å². The highest BCUT2D eigenvalue weighted by atomic mass is 15.1. The van der Waals surface area contributed by atoms with Gasteiger partial charge in [0.05, 0.1) is 0 Å². The van der Waals surface area contributed by atoms with E-state index in [1.165, 1.54) is 37.9 Å². The van der Waals surface area contributed by atoms with Crippen LogP contribution < -0.4 is 5.73 Å². The van der Waals surface area contributed by atoms with Crippen molar-refractivity contribution in [2.24, 2.45) is 29.4 Å². The zero-order chi connectivity index (χ0) is 13.0. The Balaban J connectivity index is 1.64. The lowest BCUT2D eigenvalue weighted by Crippen LogP contribution is -2.46. The number of aromatic nitrogens is 2. The number of hydrogen-bond acceptors (Lipinski definition) is 2. The quantitative estimate of drug-likeness (QED) is 0.907. The van der Waals surface area contributed by atoms with Gasteiger partial charge in [0.25, 0.3) is 0 Å². The summed E-state index contributed by atoms with van der Waals surface area (Å²) in [5, 5.41) is 0. The summed E-state index contributed by atoms with van der Waals surface area (Å²) in [6.45, 7) is 2.08. The first-order valence-electron chi connectivity index (χ1n) is 7.98. The number of imidazole rings is 1. The molecule has 5 rings (SSSR count). The van der Waals surface area contributed by atoms with E-state index >= 15 is 0 Å². The summed E-state index contributed by atoms with van der Waals surface area (Å²) in [6.07, 6.45) is 12.5. The van der Waals surface area contributed by atoms with Crippen molar-refractivity contribution in [2.45, 2.75) is 57.5 Å². The Labute approximate surface area is 115 Å². The lowest BCUT2D eigenvalue weighted by molar-refractivity contribution is -0.0301. The molecule has 4 aliphatic carbocycles. The van der Waals surface area contributed by atoms with E-state index in [2.05, 4.69) is 22.7 Å². The minimum atomic E-state index is 0.206. The van der Waals surface area contributed by atoms with Gasteiger partial charge >= 0.3 is 0 Å². The summed E-state index contributed by atoms with van der Waals surface area (Å²) in [4.78, 5) is 4.57. The molecule has 1 heterocycles. The van der Waals surface area contributed by atoms with E-state index < -0.39 is 0 Å². The van der Waals surface area contributed by atoms with Gasteiger partial charge in [0.15, 0.2) is 0 Å². The zero-order valence-corrected chi connectivity index (χ0v) is 11.8. The number of nitrogens with two attached hydrogens (primary N) is 1. The van der Waals surface area contributed by atoms with Gasteiger partial charge in [-0.1, -0.05) is 0 Å². The Hall–Kier alpha value is -0.830. The van der Waals surface area contributed by atoms with Crippen molar-refractivity contribution in [1.82, 2.24) is 9.55 Å². The van der Waals surface area contributed by atoms with Crippen molar-refractivity contribution in [3.63, 3.8) is 0 Å². The largest absolute Gasteiger partial charge is 0.331 e. The van der Waals surface area contributed by atoms with Crippen molar-refractivity contribution < 1.29 is 0 Å². The lowest BCUT2D eigenvalue weighted by atomic mass is 9.54. The maximum Gasteiger partial charge on any atom is 0.110 e. The topological polar surface area (TPSA) is 43.8 Å². The average molecular weight is 259 g/mol. The zero-order valence-electron chi connectivity index (χ0n) is 11.8. The molecule has 19 heavy (non-hydrogen) atoms. The molecule has 1 atom stereocenters. The molecule has 4 fully saturated rings. The predicted molar refractivity (Wildman–Crippen MR) is 75.7 cm³/mol. The molecular formula is C16H25N3. The van der Waals surface area contributed by atoms with Crippen LogP contribution in [-0.4, -0.2) is 15.6 Å². The van der Waals surface area contributed by atoms with E-state index in [-0.39, 0.29) is 6.04 Å². The van der Waals surface area contributed by atoms with Crippen LogP contribution >= 0.6 is 0 Å². The van der Waals surface area contributed by atoms with Gasteiger partial charge in [0.2, 0.25) is 0 Å². The average Bonchev–Trinajstić information content (AvgIpc) is 2.75. The van der Waals surface area contributed by atoms with Crippen molar-refractivity contribution in [2.75, 3.05) is 0 Å². The van der Waals surface area contributed by atoms with E-state index in [9.17, 15) is 0 Å². The van der Waals surface area contributed by atoms with Crippen LogP contribution in [0.1, 0.15) is 50.9 Å². The van der Waals surface area contributed by atoms with Crippen molar-refractivity contribution in [3.05, 3.63) is 18.2 Å². The summed E-state index contributed by atoms with van der Waals surface area (Å²) in [6, 6.07) is 0.932. The third-order valence-corrected chi connectivity index (χ3v) is 5.75. The first-order chi connectivity index (χ1) is 9.20. The second kappa shape index (κ2) is 4.34. The highest BCUT2D eigenvalue weighted by Crippen LogP contribution is 2.58. The fourth-order valence-corrected chi connectivity index (χ4v) is 5.41. The molecule has 0 radical (unpaired) electrons. The van der Waals surface area contributed by atoms with Crippen LogP contribution in [0.5, 0.6) is 0 Å². The predicted octanol–water partition coefficient (Wildman–Crippen LogP) is 2.77. The molecule has 2 N–H and O–H groups in total. The molecular weight excluding hydrogens is 234 g/mol. The van der Waals surface area contributed by atoms with Crippen molar-refractivity contribution >= 4 is 0 Å². The lowest BCUT2D eigenvalue weighted by Gasteiger charge is -2.55. The monoisotopic (exact) mass is 259 g/mol. The van der Waals surface area contributed by atoms with Gasteiger partial charge in [-0.05, 0) is 62.7 Å². The maximum absolute atomic E-state index is 5.97. The minimum Gasteiger partial charge on any atom is -0.331 e. The van der Waals surface area contributed by atoms with Crippen LogP contribution in [0.2, 0.25) is 0 Å². The van der Waals surface area contributed by atoms with E-state index in [1.54, 1.807) is 0 Å². The molecule has 0 aromatic carbocycles. The Bertz CT molecular complexity index is 434. The molecule has 1 aromatic rings. The maximum atomic E-state index is 5.97. The van der Waals surface area contributed by atoms with Crippen LogP contribution in [0.4, 0.5) is 0 Å². The molecule has 4 bridgehead atoms. The Morgan fingerprint density at radius 3 is 2.42 bits per heavy atom. The molecule has 3 heteroatoms. The van der Waals surface area contributed by atoms with Crippen LogP contribution in [0, 0.1) is 23.7 Å². The smallest absolute Gasteiger partial charge is 0.110 e. The molecule has 0 spiro atoms. The summed E-state index contributed by atoms with van der Waals surface area (Å²) >= 11 is 0. The highest BCUT2D eigenvalue weighted by molar-refractivity contribution is 5.06. The summed E-state index contributed by atoms with van der Waals surface area (Å²) in [5.41, 5.74) is 5.97. The van der Waals surface area contributed by atoms with E-state index in [0.717, 1.165) is 36.1 Å². The summed E-state index contributed by atoms with van der Waals surface area (Å²) < 4.78 is 2.50. The summed E-state index contributed by atoms with van der Waals surface area (Å²) in [5.74, 6) is 5.13. The van der Waals surface area contributed by atoms with Gasteiger partial charge in [-0.25, -0.2) is 4.98 Å². The Morgan fingerprint density at radius 1 is 1.21 bits per heavy atom. The third kappa shape index (κ3) is 1.94. The standard InChI is InChI=1S/C16H25N3/c1-10(17)4-15-18-2-3-19(15)16-13-6-11-5-12(8-13)9-14(16)7-11/h2-3,10-14,16H,4-9,17H2,1H3. The van der Waals surface area contributed by atoms with Gasteiger partial charge in [0, 0.05) is 30.9 Å². The van der Waals surface area contributed by atoms with Crippen molar-refractivity contribution in [3.8, 4) is 0 Å². The second-order valence-corrected chi connectivity index (χ2v) is 7.35. The highest BCUT2D eigenvalue weighted by Gasteiger charge is 2.49. The molecule has 1 aromatic heterocycles. The van der Waals surface area contributed by atoms with E-state index in [0.29, 0.717) is 0 Å². The molecule has 0 saturated heterocycles. The number of hydrogen-bond donors (Lipinski definition) is 1. The SMILES string of the molecule is CC(N)Cc1nccn1C1C2CC3CC(C2)CC1C3. The number of nitrogens with zero attached hydrogens (tertiary/aromatic N) is 2. The van der Waals surface area contributed by atoms with Gasteiger partial charge in [0.1, 0.15) is 5.82 Å².